The fourth-order valence-corrected chi connectivity index (χ4v) is 3.30. The van der Waals surface area contributed by atoms with Gasteiger partial charge in [0.25, 0.3) is 5.91 Å². The van der Waals surface area contributed by atoms with Crippen LogP contribution in [0.4, 0.5) is 5.69 Å². The molecule has 2 aromatic carbocycles. The summed E-state index contributed by atoms with van der Waals surface area (Å²) in [6, 6.07) is 14.5. The summed E-state index contributed by atoms with van der Waals surface area (Å²) in [7, 11) is 0. The van der Waals surface area contributed by atoms with Gasteiger partial charge in [-0.3, -0.25) is 4.79 Å². The molecule has 1 aliphatic heterocycles. The predicted octanol–water partition coefficient (Wildman–Crippen LogP) is 4.52. The number of hydrogen-bond acceptors (Lipinski definition) is 3. The number of thiocarbonyl (C=S) groups is 1. The third-order valence-corrected chi connectivity index (χ3v) is 4.99. The molecule has 0 saturated carbocycles. The molecule has 4 nitrogen and oxygen atoms in total. The first-order valence-corrected chi connectivity index (χ1v) is 9.48. The number of amides is 1. The van der Waals surface area contributed by atoms with Crippen molar-refractivity contribution in [3.05, 3.63) is 59.1 Å². The molecule has 0 atom stereocenters. The van der Waals surface area contributed by atoms with E-state index in [0.29, 0.717) is 16.5 Å². The van der Waals surface area contributed by atoms with Crippen LogP contribution in [0, 0.1) is 0 Å². The molecule has 1 N–H and O–H groups in total. The maximum Gasteiger partial charge on any atom is 0.262 e. The van der Waals surface area contributed by atoms with Gasteiger partial charge in [-0.15, -0.1) is 0 Å². The van der Waals surface area contributed by atoms with Crippen molar-refractivity contribution >= 4 is 40.4 Å². The topological polar surface area (TPSA) is 41.6 Å². The van der Waals surface area contributed by atoms with Gasteiger partial charge in [-0.25, -0.2) is 0 Å². The maximum atomic E-state index is 12.0. The Morgan fingerprint density at radius 3 is 2.35 bits per heavy atom. The fraction of sp³-hybridized carbons (Fsp3) is 0.300. The van der Waals surface area contributed by atoms with Crippen LogP contribution in [0.15, 0.2) is 48.5 Å². The number of carbonyl (C=O) groups excluding carboxylic acids is 1. The summed E-state index contributed by atoms with van der Waals surface area (Å²) in [6.45, 7) is 2.00. The average molecular weight is 389 g/mol. The first-order valence-electron chi connectivity index (χ1n) is 8.69. The second kappa shape index (κ2) is 9.01. The molecule has 1 aliphatic rings. The van der Waals surface area contributed by atoms with Crippen LogP contribution in [-0.2, 0) is 4.79 Å². The van der Waals surface area contributed by atoms with E-state index < -0.39 is 0 Å². The third kappa shape index (κ3) is 5.19. The van der Waals surface area contributed by atoms with Gasteiger partial charge in [-0.05, 0) is 67.8 Å². The van der Waals surface area contributed by atoms with Crippen LogP contribution in [-0.4, -0.2) is 35.5 Å². The van der Waals surface area contributed by atoms with Crippen LogP contribution >= 0.6 is 23.8 Å². The van der Waals surface area contributed by atoms with E-state index in [-0.39, 0.29) is 12.5 Å². The Bertz CT molecular complexity index is 756. The highest BCUT2D eigenvalue weighted by atomic mass is 35.5. The van der Waals surface area contributed by atoms with Gasteiger partial charge in [0.2, 0.25) is 0 Å². The molecule has 1 heterocycles. The predicted molar refractivity (Wildman–Crippen MR) is 109 cm³/mol. The molecule has 0 spiro atoms. The average Bonchev–Trinajstić information content (AvgIpc) is 2.69. The molecule has 0 unspecified atom stereocenters. The van der Waals surface area contributed by atoms with E-state index in [4.69, 9.17) is 28.6 Å². The number of rotatable bonds is 5. The second-order valence-electron chi connectivity index (χ2n) is 6.22. The molecule has 6 heteroatoms. The summed E-state index contributed by atoms with van der Waals surface area (Å²) >= 11 is 11.4. The maximum absolute atomic E-state index is 12.0. The molecule has 1 saturated heterocycles. The van der Waals surface area contributed by atoms with E-state index in [1.807, 2.05) is 24.3 Å². The van der Waals surface area contributed by atoms with E-state index in [9.17, 15) is 4.79 Å². The molecular weight excluding hydrogens is 368 g/mol. The van der Waals surface area contributed by atoms with Crippen molar-refractivity contribution in [2.75, 3.05) is 25.0 Å². The zero-order chi connectivity index (χ0) is 18.4. The van der Waals surface area contributed by atoms with Crippen molar-refractivity contribution in [1.29, 1.82) is 0 Å². The molecule has 1 fully saturated rings. The number of anilines is 1. The van der Waals surface area contributed by atoms with Crippen molar-refractivity contribution in [2.45, 2.75) is 19.3 Å². The Hall–Kier alpha value is -2.11. The number of benzene rings is 2. The second-order valence-corrected chi connectivity index (χ2v) is 7.04. The SMILES string of the molecule is O=C(COc1ccc(C(=S)N2CCCCC2)cc1)Nc1ccc(Cl)cc1. The van der Waals surface area contributed by atoms with E-state index in [0.717, 1.165) is 23.6 Å². The Morgan fingerprint density at radius 2 is 1.69 bits per heavy atom. The van der Waals surface area contributed by atoms with Gasteiger partial charge >= 0.3 is 0 Å². The monoisotopic (exact) mass is 388 g/mol. The molecule has 0 aromatic heterocycles. The van der Waals surface area contributed by atoms with Gasteiger partial charge in [0.15, 0.2) is 6.61 Å². The molecule has 26 heavy (non-hydrogen) atoms. The largest absolute Gasteiger partial charge is 0.484 e. The number of likely N-dealkylation sites (tertiary alicyclic amines) is 1. The zero-order valence-electron chi connectivity index (χ0n) is 14.4. The summed E-state index contributed by atoms with van der Waals surface area (Å²) in [5.41, 5.74) is 1.70. The van der Waals surface area contributed by atoms with E-state index in [2.05, 4.69) is 10.2 Å². The lowest BCUT2D eigenvalue weighted by atomic mass is 10.1. The number of nitrogens with one attached hydrogen (secondary N) is 1. The molecule has 0 bridgehead atoms. The summed E-state index contributed by atoms with van der Waals surface area (Å²) in [4.78, 5) is 15.1. The highest BCUT2D eigenvalue weighted by molar-refractivity contribution is 7.80. The van der Waals surface area contributed by atoms with Crippen LogP contribution < -0.4 is 10.1 Å². The summed E-state index contributed by atoms with van der Waals surface area (Å²) < 4.78 is 5.55. The molecule has 0 aliphatic carbocycles. The standard InChI is InChI=1S/C20H21ClN2O2S/c21-16-6-8-17(9-7-16)22-19(24)14-25-18-10-4-15(5-11-18)20(26)23-12-2-1-3-13-23/h4-11H,1-3,12-14H2,(H,22,24). The quantitative estimate of drug-likeness (QED) is 0.764. The van der Waals surface area contributed by atoms with Gasteiger partial charge < -0.3 is 15.0 Å². The zero-order valence-corrected chi connectivity index (χ0v) is 16.0. The number of nitrogens with zero attached hydrogens (tertiary/aromatic N) is 1. The smallest absolute Gasteiger partial charge is 0.262 e. The van der Waals surface area contributed by atoms with Crippen molar-refractivity contribution in [3.8, 4) is 5.75 Å². The van der Waals surface area contributed by atoms with Crippen molar-refractivity contribution in [2.24, 2.45) is 0 Å². The normalized spacial score (nSPS) is 14.0. The van der Waals surface area contributed by atoms with Crippen LogP contribution in [0.3, 0.4) is 0 Å². The molecule has 2 aromatic rings. The Labute approximate surface area is 164 Å². The van der Waals surface area contributed by atoms with Crippen LogP contribution in [0.5, 0.6) is 5.75 Å². The van der Waals surface area contributed by atoms with Gasteiger partial charge in [0, 0.05) is 29.4 Å². The van der Waals surface area contributed by atoms with Crippen molar-refractivity contribution in [1.82, 2.24) is 4.90 Å². The van der Waals surface area contributed by atoms with Gasteiger partial charge in [-0.2, -0.15) is 0 Å². The molecule has 3 rings (SSSR count). The van der Waals surface area contributed by atoms with Crippen molar-refractivity contribution in [3.63, 3.8) is 0 Å². The van der Waals surface area contributed by atoms with Gasteiger partial charge in [0.05, 0.1) is 0 Å². The highest BCUT2D eigenvalue weighted by Gasteiger charge is 2.14. The number of hydrogen-bond donors (Lipinski definition) is 1. The molecule has 136 valence electrons. The molecule has 1 amide bonds. The highest BCUT2D eigenvalue weighted by Crippen LogP contribution is 2.18. The first kappa shape index (κ1) is 18.7. The van der Waals surface area contributed by atoms with Crippen LogP contribution in [0.25, 0.3) is 0 Å². The van der Waals surface area contributed by atoms with Crippen LogP contribution in [0.2, 0.25) is 5.02 Å². The Balaban J connectivity index is 1.50. The number of ether oxygens (including phenoxy) is 1. The lowest BCUT2D eigenvalue weighted by molar-refractivity contribution is -0.118. The number of carbonyl (C=O) groups is 1. The Morgan fingerprint density at radius 1 is 1.04 bits per heavy atom. The number of piperidine rings is 1. The molecular formula is C20H21ClN2O2S. The fourth-order valence-electron chi connectivity index (χ4n) is 2.85. The van der Waals surface area contributed by atoms with E-state index in [1.54, 1.807) is 24.3 Å². The van der Waals surface area contributed by atoms with E-state index >= 15 is 0 Å². The summed E-state index contributed by atoms with van der Waals surface area (Å²) in [5.74, 6) is 0.418. The van der Waals surface area contributed by atoms with Crippen molar-refractivity contribution < 1.29 is 9.53 Å². The lowest BCUT2D eigenvalue weighted by Crippen LogP contribution is -2.34. The van der Waals surface area contributed by atoms with E-state index in [1.165, 1.54) is 19.3 Å². The molecule has 0 radical (unpaired) electrons. The first-order chi connectivity index (χ1) is 12.6. The Kier molecular flexibility index (Phi) is 6.47. The number of halogens is 1. The minimum atomic E-state index is -0.222. The minimum Gasteiger partial charge on any atom is -0.484 e. The summed E-state index contributed by atoms with van der Waals surface area (Å²) in [5, 5.41) is 3.39. The van der Waals surface area contributed by atoms with Gasteiger partial charge in [0.1, 0.15) is 10.7 Å². The minimum absolute atomic E-state index is 0.0570. The van der Waals surface area contributed by atoms with Gasteiger partial charge in [-0.1, -0.05) is 23.8 Å². The lowest BCUT2D eigenvalue weighted by Gasteiger charge is -2.29. The summed E-state index contributed by atoms with van der Waals surface area (Å²) in [6.07, 6.45) is 3.68. The third-order valence-electron chi connectivity index (χ3n) is 4.24. The van der Waals surface area contributed by atoms with Crippen LogP contribution in [0.1, 0.15) is 24.8 Å².